The number of hydrogen-bond donors (Lipinski definition) is 0. The highest BCUT2D eigenvalue weighted by molar-refractivity contribution is 7.16. The molecule has 0 radical (unpaired) electrons. The second kappa shape index (κ2) is 8.05. The normalized spacial score (nSPS) is 12.3. The summed E-state index contributed by atoms with van der Waals surface area (Å²) < 4.78 is 8.36. The van der Waals surface area contributed by atoms with Crippen LogP contribution in [0.3, 0.4) is 0 Å². The van der Waals surface area contributed by atoms with Gasteiger partial charge in [0.2, 0.25) is 0 Å². The number of aromatic nitrogens is 1. The van der Waals surface area contributed by atoms with E-state index in [0.717, 1.165) is 15.8 Å². The molecule has 0 saturated carbocycles. The maximum atomic E-state index is 12.3. The highest BCUT2D eigenvalue weighted by Crippen LogP contribution is 2.19. The van der Waals surface area contributed by atoms with Gasteiger partial charge in [0, 0.05) is 19.7 Å². The van der Waals surface area contributed by atoms with Crippen LogP contribution < -0.4 is 4.80 Å². The number of fused-ring (bicyclic) bond motifs is 1. The molecule has 0 unspecified atom stereocenters. The molecule has 0 saturated heterocycles. The number of benzene rings is 2. The predicted molar refractivity (Wildman–Crippen MR) is 102 cm³/mol. The molecule has 0 spiro atoms. The molecule has 25 heavy (non-hydrogen) atoms. The molecular weight excluding hydrogens is 332 g/mol. The van der Waals surface area contributed by atoms with Crippen molar-refractivity contribution in [2.45, 2.75) is 13.5 Å². The van der Waals surface area contributed by atoms with Crippen LogP contribution in [0.1, 0.15) is 11.1 Å². The summed E-state index contributed by atoms with van der Waals surface area (Å²) in [5, 5.41) is 0. The van der Waals surface area contributed by atoms with E-state index < -0.39 is 0 Å². The quantitative estimate of drug-likeness (QED) is 0.656. The number of thiazole rings is 1. The zero-order chi connectivity index (χ0) is 17.6. The minimum atomic E-state index is -0.265. The Morgan fingerprint density at radius 3 is 2.80 bits per heavy atom. The zero-order valence-corrected chi connectivity index (χ0v) is 15.1. The van der Waals surface area contributed by atoms with E-state index in [2.05, 4.69) is 30.1 Å². The zero-order valence-electron chi connectivity index (χ0n) is 14.3. The fraction of sp³-hybridized carbons (Fsp3) is 0.200. The Kier molecular flexibility index (Phi) is 5.58. The van der Waals surface area contributed by atoms with Crippen LogP contribution >= 0.6 is 11.3 Å². The van der Waals surface area contributed by atoms with Gasteiger partial charge in [0.05, 0.1) is 16.8 Å². The van der Waals surface area contributed by atoms with E-state index in [0.29, 0.717) is 18.0 Å². The molecule has 0 aliphatic carbocycles. The van der Waals surface area contributed by atoms with Gasteiger partial charge in [-0.25, -0.2) is 0 Å². The van der Waals surface area contributed by atoms with Crippen molar-refractivity contribution < 1.29 is 9.53 Å². The smallest absolute Gasteiger partial charge is 0.272 e. The fourth-order valence-corrected chi connectivity index (χ4v) is 3.69. The molecule has 1 aromatic heterocycles. The van der Waals surface area contributed by atoms with Gasteiger partial charge in [-0.1, -0.05) is 47.7 Å². The van der Waals surface area contributed by atoms with Crippen LogP contribution in [-0.2, 0) is 16.1 Å². The van der Waals surface area contributed by atoms with Crippen LogP contribution in [0.2, 0.25) is 0 Å². The standard InChI is InChI=1S/C20H20N2O2S/c1-15-8-10-17-18(14-15)25-20(22(17)12-13-24-2)21-19(23)11-9-16-6-4-3-5-7-16/h3-11,14H,12-13H2,1-2H3. The van der Waals surface area contributed by atoms with Gasteiger partial charge in [-0.2, -0.15) is 4.99 Å². The Morgan fingerprint density at radius 1 is 1.24 bits per heavy atom. The van der Waals surface area contributed by atoms with Crippen LogP contribution in [0, 0.1) is 6.92 Å². The van der Waals surface area contributed by atoms with E-state index in [1.807, 2.05) is 34.9 Å². The third kappa shape index (κ3) is 4.32. The van der Waals surface area contributed by atoms with Gasteiger partial charge in [-0.3, -0.25) is 4.79 Å². The first kappa shape index (κ1) is 17.3. The summed E-state index contributed by atoms with van der Waals surface area (Å²) in [5.74, 6) is -0.265. The molecule has 0 atom stereocenters. The topological polar surface area (TPSA) is 43.6 Å². The van der Waals surface area contributed by atoms with E-state index in [1.54, 1.807) is 13.2 Å². The molecule has 0 fully saturated rings. The first-order chi connectivity index (χ1) is 12.2. The first-order valence-electron chi connectivity index (χ1n) is 8.08. The van der Waals surface area contributed by atoms with Gasteiger partial charge in [-0.05, 0) is 36.3 Å². The van der Waals surface area contributed by atoms with Crippen molar-refractivity contribution in [2.24, 2.45) is 4.99 Å². The van der Waals surface area contributed by atoms with E-state index in [1.165, 1.54) is 23.0 Å². The average Bonchev–Trinajstić information content (AvgIpc) is 2.95. The van der Waals surface area contributed by atoms with E-state index >= 15 is 0 Å². The average molecular weight is 352 g/mol. The first-order valence-corrected chi connectivity index (χ1v) is 8.90. The van der Waals surface area contributed by atoms with Crippen LogP contribution in [-0.4, -0.2) is 24.2 Å². The Balaban J connectivity index is 1.96. The van der Waals surface area contributed by atoms with Crippen LogP contribution in [0.15, 0.2) is 59.6 Å². The Bertz CT molecular complexity index is 968. The van der Waals surface area contributed by atoms with Gasteiger partial charge in [-0.15, -0.1) is 0 Å². The van der Waals surface area contributed by atoms with Gasteiger partial charge in [0.25, 0.3) is 5.91 Å². The van der Waals surface area contributed by atoms with E-state index in [9.17, 15) is 4.79 Å². The van der Waals surface area contributed by atoms with Gasteiger partial charge in [0.1, 0.15) is 0 Å². The molecule has 0 bridgehead atoms. The summed E-state index contributed by atoms with van der Waals surface area (Å²) >= 11 is 1.52. The van der Waals surface area contributed by atoms with Crippen LogP contribution in [0.25, 0.3) is 16.3 Å². The number of carbonyl (C=O) groups excluding carboxylic acids is 1. The summed E-state index contributed by atoms with van der Waals surface area (Å²) in [6.07, 6.45) is 3.29. The van der Waals surface area contributed by atoms with Crippen molar-refractivity contribution in [3.05, 3.63) is 70.5 Å². The third-order valence-electron chi connectivity index (χ3n) is 3.78. The molecule has 1 amide bonds. The molecule has 0 aliphatic rings. The molecule has 1 heterocycles. The molecule has 128 valence electrons. The Hall–Kier alpha value is -2.50. The molecule has 5 heteroatoms. The molecule has 3 rings (SSSR count). The number of hydrogen-bond acceptors (Lipinski definition) is 3. The number of methoxy groups -OCH3 is 1. The summed E-state index contributed by atoms with van der Waals surface area (Å²) in [6.45, 7) is 3.29. The lowest BCUT2D eigenvalue weighted by atomic mass is 10.2. The summed E-state index contributed by atoms with van der Waals surface area (Å²) in [6, 6.07) is 16.0. The minimum Gasteiger partial charge on any atom is -0.383 e. The minimum absolute atomic E-state index is 0.265. The van der Waals surface area contributed by atoms with Crippen molar-refractivity contribution in [1.29, 1.82) is 0 Å². The summed E-state index contributed by atoms with van der Waals surface area (Å²) in [4.78, 5) is 17.3. The van der Waals surface area contributed by atoms with Gasteiger partial charge >= 0.3 is 0 Å². The molecule has 0 N–H and O–H groups in total. The number of carbonyl (C=O) groups is 1. The summed E-state index contributed by atoms with van der Waals surface area (Å²) in [7, 11) is 1.67. The highest BCUT2D eigenvalue weighted by Gasteiger charge is 2.07. The van der Waals surface area contributed by atoms with E-state index in [-0.39, 0.29) is 5.91 Å². The van der Waals surface area contributed by atoms with Gasteiger partial charge < -0.3 is 9.30 Å². The molecule has 2 aromatic carbocycles. The number of amides is 1. The van der Waals surface area contributed by atoms with Crippen LogP contribution in [0.4, 0.5) is 0 Å². The Morgan fingerprint density at radius 2 is 2.04 bits per heavy atom. The number of nitrogens with zero attached hydrogens (tertiary/aromatic N) is 2. The number of aryl methyl sites for hydroxylation is 1. The van der Waals surface area contributed by atoms with Crippen molar-refractivity contribution in [1.82, 2.24) is 4.57 Å². The lowest BCUT2D eigenvalue weighted by Crippen LogP contribution is -2.18. The van der Waals surface area contributed by atoms with E-state index in [4.69, 9.17) is 4.74 Å². The Labute approximate surface area is 150 Å². The van der Waals surface area contributed by atoms with Crippen molar-refractivity contribution in [2.75, 3.05) is 13.7 Å². The lowest BCUT2D eigenvalue weighted by molar-refractivity contribution is -0.113. The van der Waals surface area contributed by atoms with Crippen molar-refractivity contribution >= 4 is 33.5 Å². The monoisotopic (exact) mass is 352 g/mol. The number of rotatable bonds is 5. The molecular formula is C20H20N2O2S. The maximum absolute atomic E-state index is 12.3. The largest absolute Gasteiger partial charge is 0.383 e. The van der Waals surface area contributed by atoms with Crippen molar-refractivity contribution in [3.8, 4) is 0 Å². The summed E-state index contributed by atoms with van der Waals surface area (Å²) in [5.41, 5.74) is 3.24. The second-order valence-electron chi connectivity index (χ2n) is 5.69. The van der Waals surface area contributed by atoms with Gasteiger partial charge in [0.15, 0.2) is 4.80 Å². The predicted octanol–water partition coefficient (Wildman–Crippen LogP) is 3.80. The SMILES string of the molecule is COCCn1c(=NC(=O)C=Cc2ccccc2)sc2cc(C)ccc21. The third-order valence-corrected chi connectivity index (χ3v) is 4.82. The second-order valence-corrected chi connectivity index (χ2v) is 6.70. The number of ether oxygens (including phenoxy) is 1. The lowest BCUT2D eigenvalue weighted by Gasteiger charge is -2.04. The maximum Gasteiger partial charge on any atom is 0.272 e. The highest BCUT2D eigenvalue weighted by atomic mass is 32.1. The molecule has 3 aromatic rings. The molecule has 4 nitrogen and oxygen atoms in total. The fourth-order valence-electron chi connectivity index (χ4n) is 2.53. The van der Waals surface area contributed by atoms with Crippen molar-refractivity contribution in [3.63, 3.8) is 0 Å². The van der Waals surface area contributed by atoms with Crippen LogP contribution in [0.5, 0.6) is 0 Å². The molecule has 0 aliphatic heterocycles.